The molecule has 1 fully saturated rings. The number of rotatable bonds is 6. The molecule has 0 saturated carbocycles. The minimum absolute atomic E-state index is 0.184. The van der Waals surface area contributed by atoms with Gasteiger partial charge < -0.3 is 10.1 Å². The molecule has 2 heterocycles. The van der Waals surface area contributed by atoms with E-state index < -0.39 is 16.0 Å². The standard InChI is InChI=1S/C25H32N2O5S2/c1-4-32-25(29)22-20-7-5-6-8-21(20)33-24(22)26-23(28)18-9-11-19(12-10-18)34(30,31)27-14-16(2)13-17(3)15-27/h9-12,16-17H,4-8,13-15H2,1-3H3,(H,26,28). The van der Waals surface area contributed by atoms with E-state index in [1.54, 1.807) is 11.2 Å². The quantitative estimate of drug-likeness (QED) is 0.575. The second-order valence-corrected chi connectivity index (χ2v) is 12.4. The van der Waals surface area contributed by atoms with Crippen molar-refractivity contribution in [3.63, 3.8) is 0 Å². The van der Waals surface area contributed by atoms with E-state index in [1.165, 1.54) is 35.6 Å². The minimum Gasteiger partial charge on any atom is -0.462 e. The molecule has 1 amide bonds. The van der Waals surface area contributed by atoms with Crippen LogP contribution in [-0.2, 0) is 27.6 Å². The van der Waals surface area contributed by atoms with Crippen molar-refractivity contribution in [2.24, 2.45) is 11.8 Å². The van der Waals surface area contributed by atoms with E-state index in [0.29, 0.717) is 41.1 Å². The molecule has 184 valence electrons. The lowest BCUT2D eigenvalue weighted by molar-refractivity contribution is 0.0526. The van der Waals surface area contributed by atoms with Crippen LogP contribution in [-0.4, -0.2) is 44.3 Å². The highest BCUT2D eigenvalue weighted by Crippen LogP contribution is 2.39. The fourth-order valence-corrected chi connectivity index (χ4v) is 7.93. The molecule has 1 aliphatic heterocycles. The molecule has 1 saturated heterocycles. The van der Waals surface area contributed by atoms with Crippen LogP contribution < -0.4 is 5.32 Å². The molecule has 2 aromatic rings. The van der Waals surface area contributed by atoms with Crippen LogP contribution in [0.5, 0.6) is 0 Å². The van der Waals surface area contributed by atoms with Gasteiger partial charge in [-0.15, -0.1) is 11.3 Å². The van der Waals surface area contributed by atoms with Crippen LogP contribution in [0, 0.1) is 11.8 Å². The molecule has 2 unspecified atom stereocenters. The lowest BCUT2D eigenvalue weighted by Gasteiger charge is -2.34. The van der Waals surface area contributed by atoms with Crippen LogP contribution >= 0.6 is 11.3 Å². The zero-order valence-electron chi connectivity index (χ0n) is 19.9. The highest BCUT2D eigenvalue weighted by molar-refractivity contribution is 7.89. The van der Waals surface area contributed by atoms with Crippen LogP contribution in [0.4, 0.5) is 5.00 Å². The number of piperidine rings is 1. The van der Waals surface area contributed by atoms with E-state index in [4.69, 9.17) is 4.74 Å². The molecule has 1 aromatic carbocycles. The summed E-state index contributed by atoms with van der Waals surface area (Å²) in [6, 6.07) is 6.02. The van der Waals surface area contributed by atoms with Gasteiger partial charge in [-0.2, -0.15) is 4.31 Å². The molecule has 0 spiro atoms. The molecule has 34 heavy (non-hydrogen) atoms. The molecule has 1 aliphatic carbocycles. The van der Waals surface area contributed by atoms with Crippen LogP contribution in [0.15, 0.2) is 29.2 Å². The van der Waals surface area contributed by atoms with Gasteiger partial charge >= 0.3 is 5.97 Å². The van der Waals surface area contributed by atoms with Crippen molar-refractivity contribution in [2.45, 2.75) is 57.8 Å². The van der Waals surface area contributed by atoms with Crippen molar-refractivity contribution in [2.75, 3.05) is 25.0 Å². The summed E-state index contributed by atoms with van der Waals surface area (Å²) in [6.07, 6.45) is 4.78. The molecule has 2 atom stereocenters. The molecule has 1 N–H and O–H groups in total. The summed E-state index contributed by atoms with van der Waals surface area (Å²) in [5.74, 6) is -0.167. The van der Waals surface area contributed by atoms with Gasteiger partial charge in [-0.3, -0.25) is 4.79 Å². The average molecular weight is 505 g/mol. The Balaban J connectivity index is 1.54. The van der Waals surface area contributed by atoms with Crippen molar-refractivity contribution in [1.82, 2.24) is 4.31 Å². The number of carbonyl (C=O) groups excluding carboxylic acids is 2. The number of thiophene rings is 1. The number of hydrogen-bond donors (Lipinski definition) is 1. The summed E-state index contributed by atoms with van der Waals surface area (Å²) in [5, 5.41) is 3.38. The number of carbonyl (C=O) groups is 2. The Bertz CT molecular complexity index is 1160. The van der Waals surface area contributed by atoms with E-state index in [-0.39, 0.29) is 17.4 Å². The Labute approximate surface area is 205 Å². The first-order valence-corrected chi connectivity index (χ1v) is 14.2. The minimum atomic E-state index is -3.61. The summed E-state index contributed by atoms with van der Waals surface area (Å²) in [5.41, 5.74) is 1.78. The van der Waals surface area contributed by atoms with Crippen molar-refractivity contribution in [3.05, 3.63) is 45.8 Å². The topological polar surface area (TPSA) is 92.8 Å². The molecule has 0 bridgehead atoms. The summed E-state index contributed by atoms with van der Waals surface area (Å²) in [4.78, 5) is 26.9. The SMILES string of the molecule is CCOC(=O)c1c(NC(=O)c2ccc(S(=O)(=O)N3CC(C)CC(C)C3)cc2)sc2c1CCCC2. The first-order valence-electron chi connectivity index (χ1n) is 11.9. The van der Waals surface area contributed by atoms with Crippen LogP contribution in [0.1, 0.15) is 71.2 Å². The highest BCUT2D eigenvalue weighted by Gasteiger charge is 2.32. The Morgan fingerprint density at radius 3 is 2.38 bits per heavy atom. The first kappa shape index (κ1) is 24.9. The maximum Gasteiger partial charge on any atom is 0.341 e. The van der Waals surface area contributed by atoms with Crippen molar-refractivity contribution < 1.29 is 22.7 Å². The zero-order chi connectivity index (χ0) is 24.5. The number of aryl methyl sites for hydroxylation is 1. The van der Waals surface area contributed by atoms with Gasteiger partial charge in [0.25, 0.3) is 5.91 Å². The number of nitrogens with one attached hydrogen (secondary N) is 1. The summed E-state index contributed by atoms with van der Waals surface area (Å²) >= 11 is 1.43. The van der Waals surface area contributed by atoms with Gasteiger partial charge in [-0.05, 0) is 80.7 Å². The number of amides is 1. The Morgan fingerprint density at radius 2 is 1.74 bits per heavy atom. The predicted molar refractivity (Wildman–Crippen MR) is 133 cm³/mol. The summed E-state index contributed by atoms with van der Waals surface area (Å²) in [6.45, 7) is 7.18. The predicted octanol–water partition coefficient (Wildman–Crippen LogP) is 4.72. The van der Waals surface area contributed by atoms with Gasteiger partial charge in [0.1, 0.15) is 5.00 Å². The Hall–Kier alpha value is -2.23. The van der Waals surface area contributed by atoms with Crippen LogP contribution in [0.25, 0.3) is 0 Å². The largest absolute Gasteiger partial charge is 0.462 e. The van der Waals surface area contributed by atoms with Gasteiger partial charge in [0.2, 0.25) is 10.0 Å². The van der Waals surface area contributed by atoms with Gasteiger partial charge in [-0.1, -0.05) is 13.8 Å². The van der Waals surface area contributed by atoms with E-state index in [2.05, 4.69) is 19.2 Å². The number of nitrogens with zero attached hydrogens (tertiary/aromatic N) is 1. The molecule has 0 radical (unpaired) electrons. The number of anilines is 1. The molecule has 2 aliphatic rings. The number of fused-ring (bicyclic) bond motifs is 1. The number of benzene rings is 1. The lowest BCUT2D eigenvalue weighted by atomic mass is 9.94. The van der Waals surface area contributed by atoms with Crippen molar-refractivity contribution in [1.29, 1.82) is 0 Å². The highest BCUT2D eigenvalue weighted by atomic mass is 32.2. The van der Waals surface area contributed by atoms with E-state index >= 15 is 0 Å². The van der Waals surface area contributed by atoms with Crippen molar-refractivity contribution in [3.8, 4) is 0 Å². The third-order valence-corrected chi connectivity index (χ3v) is 9.52. The second kappa shape index (κ2) is 10.2. The van der Waals surface area contributed by atoms with Gasteiger partial charge in [0.05, 0.1) is 17.1 Å². The van der Waals surface area contributed by atoms with Gasteiger partial charge in [0.15, 0.2) is 0 Å². The third kappa shape index (κ3) is 5.06. The molecule has 1 aromatic heterocycles. The van der Waals surface area contributed by atoms with E-state index in [0.717, 1.165) is 42.5 Å². The smallest absolute Gasteiger partial charge is 0.341 e. The number of sulfonamides is 1. The summed E-state index contributed by atoms with van der Waals surface area (Å²) in [7, 11) is -3.61. The Morgan fingerprint density at radius 1 is 1.09 bits per heavy atom. The average Bonchev–Trinajstić information content (AvgIpc) is 3.16. The van der Waals surface area contributed by atoms with Gasteiger partial charge in [-0.25, -0.2) is 13.2 Å². The monoisotopic (exact) mass is 504 g/mol. The third-order valence-electron chi connectivity index (χ3n) is 6.47. The normalized spacial score (nSPS) is 21.0. The Kier molecular flexibility index (Phi) is 7.45. The number of ether oxygens (including phenoxy) is 1. The van der Waals surface area contributed by atoms with Crippen LogP contribution in [0.3, 0.4) is 0 Å². The number of esters is 1. The van der Waals surface area contributed by atoms with Crippen LogP contribution in [0.2, 0.25) is 0 Å². The summed E-state index contributed by atoms with van der Waals surface area (Å²) < 4.78 is 33.0. The van der Waals surface area contributed by atoms with Crippen molar-refractivity contribution >= 4 is 38.2 Å². The molecular weight excluding hydrogens is 472 g/mol. The fourth-order valence-electron chi connectivity index (χ4n) is 4.98. The molecule has 7 nitrogen and oxygen atoms in total. The number of hydrogen-bond acceptors (Lipinski definition) is 6. The second-order valence-electron chi connectivity index (χ2n) is 9.38. The molecule has 9 heteroatoms. The van der Waals surface area contributed by atoms with Gasteiger partial charge in [0, 0.05) is 23.5 Å². The molecule has 4 rings (SSSR count). The zero-order valence-corrected chi connectivity index (χ0v) is 21.6. The van der Waals surface area contributed by atoms with E-state index in [9.17, 15) is 18.0 Å². The lowest BCUT2D eigenvalue weighted by Crippen LogP contribution is -2.42. The molecular formula is C25H32N2O5S2. The first-order chi connectivity index (χ1) is 16.2. The fraction of sp³-hybridized carbons (Fsp3) is 0.520. The maximum atomic E-state index is 13.1. The maximum absolute atomic E-state index is 13.1. The van der Waals surface area contributed by atoms with E-state index in [1.807, 2.05) is 0 Å².